The molecular formula is C133H139B3N8. The van der Waals surface area contributed by atoms with Crippen molar-refractivity contribution in [3.63, 3.8) is 0 Å². The summed E-state index contributed by atoms with van der Waals surface area (Å²) >= 11 is 0. The van der Waals surface area contributed by atoms with Gasteiger partial charge in [-0.15, -0.1) is 0 Å². The first-order valence-corrected chi connectivity index (χ1v) is 52.5. The molecule has 0 N–H and O–H groups in total. The molecule has 0 saturated carbocycles. The van der Waals surface area contributed by atoms with E-state index in [4.69, 9.17) is 15.0 Å². The second-order valence-corrected chi connectivity index (χ2v) is 51.8. The molecule has 6 aliphatic heterocycles. The van der Waals surface area contributed by atoms with Gasteiger partial charge < -0.3 is 24.5 Å². The molecule has 0 saturated heterocycles. The van der Waals surface area contributed by atoms with Gasteiger partial charge in [0.25, 0.3) is 13.4 Å². The second-order valence-electron chi connectivity index (χ2n) is 51.8. The van der Waals surface area contributed by atoms with Gasteiger partial charge in [0.1, 0.15) is 0 Å². The summed E-state index contributed by atoms with van der Waals surface area (Å²) in [5.74, 6) is 1.69. The highest BCUT2D eigenvalue weighted by atomic mass is 15.2. The maximum absolute atomic E-state index is 6.08. The lowest BCUT2D eigenvalue weighted by molar-refractivity contribution is 0.589. The molecule has 0 spiro atoms. The van der Waals surface area contributed by atoms with E-state index in [9.17, 15) is 0 Å². The molecule has 0 aliphatic carbocycles. The van der Waals surface area contributed by atoms with E-state index in [0.29, 0.717) is 17.5 Å². The Kier molecular flexibility index (Phi) is 22.0. The van der Waals surface area contributed by atoms with Crippen molar-refractivity contribution < 1.29 is 0 Å². The van der Waals surface area contributed by atoms with Crippen LogP contribution in [-0.4, -0.2) is 35.1 Å². The zero-order chi connectivity index (χ0) is 102. The normalized spacial score (nSPS) is 14.8. The fraction of sp³-hybridized carbons (Fsp3) is 0.301. The van der Waals surface area contributed by atoms with Gasteiger partial charge >= 0.3 is 0 Å². The number of benzene rings is 15. The molecule has 0 amide bonds. The molecule has 15 aromatic carbocycles. The average molecular weight is 1880 g/mol. The van der Waals surface area contributed by atoms with Gasteiger partial charge in [-0.2, -0.15) is 0 Å². The predicted molar refractivity (Wildman–Crippen MR) is 620 cm³/mol. The highest BCUT2D eigenvalue weighted by Crippen LogP contribution is 2.53. The van der Waals surface area contributed by atoms with Gasteiger partial charge in [-0.1, -0.05) is 362 Å². The first-order valence-electron chi connectivity index (χ1n) is 52.5. The third-order valence-electron chi connectivity index (χ3n) is 32.0. The third kappa shape index (κ3) is 16.3. The number of hydrogen-bond donors (Lipinski definition) is 0. The van der Waals surface area contributed by atoms with E-state index in [0.717, 1.165) is 73.6 Å². The predicted octanol–water partition coefficient (Wildman–Crippen LogP) is 29.4. The van der Waals surface area contributed by atoms with Crippen LogP contribution in [0, 0.1) is 20.8 Å². The van der Waals surface area contributed by atoms with E-state index in [2.05, 4.69) is 523 Å². The largest absolute Gasteiger partial charge is 0.311 e. The highest BCUT2D eigenvalue weighted by Gasteiger charge is 2.50. The number of aromatic nitrogens is 3. The van der Waals surface area contributed by atoms with E-state index >= 15 is 0 Å². The van der Waals surface area contributed by atoms with Crippen LogP contribution in [-0.2, 0) is 48.7 Å². The number of hydrogen-bond acceptors (Lipinski definition) is 8. The van der Waals surface area contributed by atoms with Gasteiger partial charge in [0.2, 0.25) is 6.71 Å². The SMILES string of the molecule is Cc1cc2c3c(c1)N(c1ccc(C(C)(C)C)cc1)c1cc(-c4nc(-c5ccc6c(c5)N(c5ccc(C(C)(C)C)cc5)c5cc(C)cc7c5B6c5cc(C(C)(C)C)ccc5N7c5ccc(C(C)(C)C)cc5)nc(-c5ccc6c(c5)N(c5ccc(C(C)(C)C)cc5)c5cc(C)cc7c5B6c5cc(C(C)(C)C)ccc5N7c5ccc(C(C)(C)C)cc5)n4)ccc1B3c1cc(C(C)(C)C)ccc1C2c1ccc(C(C)(C)C)cc1. The Morgan fingerprint density at radius 1 is 0.188 bits per heavy atom. The lowest BCUT2D eigenvalue weighted by atomic mass is 9.31. The summed E-state index contributed by atoms with van der Waals surface area (Å²) in [4.78, 5) is 31.1. The van der Waals surface area contributed by atoms with Gasteiger partial charge in [-0.25, -0.2) is 15.0 Å². The zero-order valence-electron chi connectivity index (χ0n) is 90.6. The maximum atomic E-state index is 6.08. The summed E-state index contributed by atoms with van der Waals surface area (Å²) in [5, 5.41) is 0. The average Bonchev–Trinajstić information content (AvgIpc) is 0.700. The second kappa shape index (κ2) is 33.3. The first kappa shape index (κ1) is 95.4. The van der Waals surface area contributed by atoms with E-state index in [-0.39, 0.29) is 74.8 Å². The van der Waals surface area contributed by atoms with Crippen LogP contribution < -0.4 is 73.7 Å². The summed E-state index contributed by atoms with van der Waals surface area (Å²) in [5.41, 5.74) is 49.4. The summed E-state index contributed by atoms with van der Waals surface area (Å²) < 4.78 is 0. The van der Waals surface area contributed by atoms with Crippen molar-refractivity contribution in [3.05, 3.63) is 375 Å². The van der Waals surface area contributed by atoms with Crippen molar-refractivity contribution >= 4 is 155 Å². The number of anilines is 15. The molecule has 0 radical (unpaired) electrons. The van der Waals surface area contributed by atoms with Crippen molar-refractivity contribution in [1.29, 1.82) is 0 Å². The Morgan fingerprint density at radius 2 is 0.417 bits per heavy atom. The van der Waals surface area contributed by atoms with Gasteiger partial charge in [0, 0.05) is 108 Å². The fourth-order valence-electron chi connectivity index (χ4n) is 23.7. The van der Waals surface area contributed by atoms with Crippen LogP contribution in [0.4, 0.5) is 85.3 Å². The van der Waals surface area contributed by atoms with Crippen molar-refractivity contribution in [2.45, 2.75) is 262 Å². The molecule has 22 rings (SSSR count). The van der Waals surface area contributed by atoms with Gasteiger partial charge in [0.05, 0.1) is 0 Å². The van der Waals surface area contributed by atoms with E-state index < -0.39 is 0 Å². The standard InChI is InChI=1S/C133H139B3N8/c1-79-67-101-118(82-31-36-86(37-32-82)125(4,5)6)100-61-48-92(131(22,23)24)76-105(100)134-102-62-33-83(73-110(102)142(113(68-79)119(101)134)97-55-42-89(43-56-97)128(13,14)15)122-137-123(84-34-63-103-111(74-84)143(98-57-44-90(45-58-98)129(16,17)18)116-71-80(2)69-114-120(116)135(103)106-77-93(132(25,26)27)49-65-108(106)140(114)95-51-38-87(39-52-95)126(7,8)9)139-124(138-122)85-35-64-104-112(75-85)144(99-59-46-91(47-60-99)130(19,20)21)117-72-81(3)70-115-121(117)136(104)107-78-94(133(28,29)30)50-66-109(107)141(115)96-53-40-88(41-54-96)127(10,11)12/h31-78,118H,1-30H3. The van der Waals surface area contributed by atoms with E-state index in [1.807, 2.05) is 0 Å². The minimum Gasteiger partial charge on any atom is -0.311 e. The minimum absolute atomic E-state index is 0.00853. The Morgan fingerprint density at radius 3 is 0.694 bits per heavy atom. The van der Waals surface area contributed by atoms with Crippen LogP contribution in [0.25, 0.3) is 34.2 Å². The number of fused-ring (bicyclic) bond motifs is 12. The van der Waals surface area contributed by atoms with Crippen LogP contribution in [0.5, 0.6) is 0 Å². The van der Waals surface area contributed by atoms with Crippen molar-refractivity contribution in [3.8, 4) is 34.2 Å². The molecule has 8 nitrogen and oxygen atoms in total. The summed E-state index contributed by atoms with van der Waals surface area (Å²) in [6.45, 7) is 69.3. The van der Waals surface area contributed by atoms with Crippen molar-refractivity contribution in [2.75, 3.05) is 24.5 Å². The Bertz CT molecular complexity index is 7150. The Labute approximate surface area is 859 Å². The van der Waals surface area contributed by atoms with Crippen LogP contribution >= 0.6 is 0 Å². The molecule has 6 aliphatic rings. The smallest absolute Gasteiger partial charge is 0.252 e. The quantitative estimate of drug-likeness (QED) is 0.133. The lowest BCUT2D eigenvalue weighted by Gasteiger charge is -2.45. The lowest BCUT2D eigenvalue weighted by Crippen LogP contribution is -2.62. The van der Waals surface area contributed by atoms with E-state index in [1.54, 1.807) is 0 Å². The molecule has 7 heterocycles. The molecule has 1 atom stereocenters. The topological polar surface area (TPSA) is 54.9 Å². The Hall–Kier alpha value is -13.5. The fourth-order valence-corrected chi connectivity index (χ4v) is 23.7. The monoisotopic (exact) mass is 1880 g/mol. The van der Waals surface area contributed by atoms with Crippen LogP contribution in [0.15, 0.2) is 291 Å². The molecule has 1 aromatic heterocycles. The third-order valence-corrected chi connectivity index (χ3v) is 32.0. The number of nitrogens with zero attached hydrogens (tertiary/aromatic N) is 8. The zero-order valence-corrected chi connectivity index (χ0v) is 90.6. The molecule has 16 aromatic rings. The molecule has 11 heteroatoms. The number of aryl methyl sites for hydroxylation is 3. The minimum atomic E-state index is -0.167. The van der Waals surface area contributed by atoms with Crippen LogP contribution in [0.2, 0.25) is 0 Å². The molecule has 144 heavy (non-hydrogen) atoms. The van der Waals surface area contributed by atoms with Gasteiger partial charge in [0.15, 0.2) is 17.5 Å². The first-order chi connectivity index (χ1) is 67.8. The summed E-state index contributed by atoms with van der Waals surface area (Å²) in [6, 6.07) is 115. The maximum Gasteiger partial charge on any atom is 0.252 e. The molecular weight excluding hydrogens is 1740 g/mol. The van der Waals surface area contributed by atoms with Gasteiger partial charge in [-0.3, -0.25) is 0 Å². The van der Waals surface area contributed by atoms with Crippen LogP contribution in [0.1, 0.15) is 276 Å². The van der Waals surface area contributed by atoms with Crippen LogP contribution in [0.3, 0.4) is 0 Å². The summed E-state index contributed by atoms with van der Waals surface area (Å²) in [7, 11) is 0. The van der Waals surface area contributed by atoms with Gasteiger partial charge in [-0.05, 0) is 318 Å². The summed E-state index contributed by atoms with van der Waals surface area (Å²) in [6.07, 6.45) is 0. The number of rotatable bonds is 9. The van der Waals surface area contributed by atoms with Crippen molar-refractivity contribution in [2.24, 2.45) is 0 Å². The Balaban J connectivity index is 0.808. The molecule has 1 unspecified atom stereocenters. The molecule has 0 bridgehead atoms. The highest BCUT2D eigenvalue weighted by molar-refractivity contribution is 7.01. The molecule has 720 valence electrons. The molecule has 0 fully saturated rings. The van der Waals surface area contributed by atoms with Crippen molar-refractivity contribution in [1.82, 2.24) is 15.0 Å². The van der Waals surface area contributed by atoms with E-state index in [1.165, 1.54) is 161 Å².